The van der Waals surface area contributed by atoms with Gasteiger partial charge in [0, 0.05) is 51.5 Å². The van der Waals surface area contributed by atoms with Crippen LogP contribution in [-0.2, 0) is 17.9 Å². The van der Waals surface area contributed by atoms with Crippen LogP contribution in [-0.4, -0.2) is 80.4 Å². The van der Waals surface area contributed by atoms with E-state index in [4.69, 9.17) is 23.2 Å². The second-order valence-corrected chi connectivity index (χ2v) is 9.61. The number of benzene rings is 2. The molecule has 37 heavy (non-hydrogen) atoms. The second-order valence-electron chi connectivity index (χ2n) is 8.79. The number of hydrogen-bond acceptors (Lipinski definition) is 5. The SMILES string of the molecule is CN(Cc1ccc(Cl)c(Cl)c1)C(=O)c1cn(CC(=O)N2CCN(C(=O)c3ccccc3)CC2)c(O)c1O. The predicted octanol–water partition coefficient (Wildman–Crippen LogP) is 3.46. The molecule has 1 aliphatic rings. The summed E-state index contributed by atoms with van der Waals surface area (Å²) in [5, 5.41) is 21.5. The molecule has 0 bridgehead atoms. The van der Waals surface area contributed by atoms with Gasteiger partial charge in [-0.1, -0.05) is 47.5 Å². The highest BCUT2D eigenvalue weighted by molar-refractivity contribution is 6.42. The lowest BCUT2D eigenvalue weighted by atomic mass is 10.2. The smallest absolute Gasteiger partial charge is 0.259 e. The Labute approximate surface area is 224 Å². The zero-order valence-corrected chi connectivity index (χ0v) is 21.6. The summed E-state index contributed by atoms with van der Waals surface area (Å²) < 4.78 is 1.14. The first kappa shape index (κ1) is 26.4. The number of aromatic nitrogens is 1. The highest BCUT2D eigenvalue weighted by Gasteiger charge is 2.28. The summed E-state index contributed by atoms with van der Waals surface area (Å²) in [4.78, 5) is 43.1. The summed E-state index contributed by atoms with van der Waals surface area (Å²) in [6, 6.07) is 13.9. The summed E-state index contributed by atoms with van der Waals surface area (Å²) in [6.07, 6.45) is 1.26. The lowest BCUT2D eigenvalue weighted by Gasteiger charge is -2.35. The van der Waals surface area contributed by atoms with Gasteiger partial charge >= 0.3 is 0 Å². The summed E-state index contributed by atoms with van der Waals surface area (Å²) in [6.45, 7) is 1.35. The van der Waals surface area contributed by atoms with Gasteiger partial charge in [0.1, 0.15) is 12.1 Å². The Kier molecular flexibility index (Phi) is 7.94. The quantitative estimate of drug-likeness (QED) is 0.494. The molecule has 11 heteroatoms. The molecule has 0 atom stereocenters. The van der Waals surface area contributed by atoms with E-state index in [-0.39, 0.29) is 30.5 Å². The summed E-state index contributed by atoms with van der Waals surface area (Å²) in [7, 11) is 1.54. The lowest BCUT2D eigenvalue weighted by Crippen LogP contribution is -2.51. The molecule has 9 nitrogen and oxygen atoms in total. The van der Waals surface area contributed by atoms with Crippen LogP contribution in [0.2, 0.25) is 10.0 Å². The van der Waals surface area contributed by atoms with E-state index in [1.54, 1.807) is 59.3 Å². The minimum atomic E-state index is -0.600. The van der Waals surface area contributed by atoms with Crippen LogP contribution in [0, 0.1) is 0 Å². The highest BCUT2D eigenvalue weighted by Crippen LogP contribution is 2.32. The number of piperazine rings is 1. The van der Waals surface area contributed by atoms with Gasteiger partial charge in [-0.25, -0.2) is 0 Å². The standard InChI is InChI=1S/C26H26Cl2N4O5/c1-29(14-17-7-8-20(27)21(28)13-17)25(36)19-15-32(26(37)23(19)34)16-22(33)30-9-11-31(12-10-30)24(35)18-5-3-2-4-6-18/h2-8,13,15,34,37H,9-12,14,16H2,1H3. The number of hydrogen-bond donors (Lipinski definition) is 2. The van der Waals surface area contributed by atoms with Crippen LogP contribution >= 0.6 is 23.2 Å². The van der Waals surface area contributed by atoms with E-state index in [9.17, 15) is 24.6 Å². The summed E-state index contributed by atoms with van der Waals surface area (Å²) in [5.41, 5.74) is 1.19. The van der Waals surface area contributed by atoms with Crippen molar-refractivity contribution in [2.75, 3.05) is 33.2 Å². The van der Waals surface area contributed by atoms with Gasteiger partial charge < -0.3 is 29.5 Å². The third-order valence-electron chi connectivity index (χ3n) is 6.25. The monoisotopic (exact) mass is 544 g/mol. The van der Waals surface area contributed by atoms with Crippen molar-refractivity contribution in [2.45, 2.75) is 13.1 Å². The Bertz CT molecular complexity index is 1320. The third-order valence-corrected chi connectivity index (χ3v) is 6.99. The molecule has 1 fully saturated rings. The zero-order chi connectivity index (χ0) is 26.7. The van der Waals surface area contributed by atoms with Crippen molar-refractivity contribution < 1.29 is 24.6 Å². The van der Waals surface area contributed by atoms with E-state index in [0.29, 0.717) is 41.8 Å². The number of halogens is 2. The van der Waals surface area contributed by atoms with Gasteiger partial charge in [0.15, 0.2) is 5.75 Å². The Morgan fingerprint density at radius 3 is 2.22 bits per heavy atom. The molecule has 2 heterocycles. The number of carbonyl (C=O) groups is 3. The highest BCUT2D eigenvalue weighted by atomic mass is 35.5. The van der Waals surface area contributed by atoms with Gasteiger partial charge in [-0.2, -0.15) is 0 Å². The largest absolute Gasteiger partial charge is 0.503 e. The van der Waals surface area contributed by atoms with Crippen LogP contribution in [0.25, 0.3) is 0 Å². The average molecular weight is 545 g/mol. The fourth-order valence-electron chi connectivity index (χ4n) is 4.17. The number of nitrogens with zero attached hydrogens (tertiary/aromatic N) is 4. The van der Waals surface area contributed by atoms with Crippen LogP contribution in [0.4, 0.5) is 0 Å². The van der Waals surface area contributed by atoms with Crippen molar-refractivity contribution in [2.24, 2.45) is 0 Å². The van der Waals surface area contributed by atoms with Crippen molar-refractivity contribution in [3.05, 3.63) is 81.5 Å². The van der Waals surface area contributed by atoms with Gasteiger partial charge in [-0.05, 0) is 29.8 Å². The maximum atomic E-state index is 12.9. The van der Waals surface area contributed by atoms with Gasteiger partial charge in [0.05, 0.1) is 10.0 Å². The van der Waals surface area contributed by atoms with Crippen molar-refractivity contribution >= 4 is 40.9 Å². The first-order chi connectivity index (χ1) is 17.7. The van der Waals surface area contributed by atoms with Crippen LogP contribution in [0.1, 0.15) is 26.3 Å². The fourth-order valence-corrected chi connectivity index (χ4v) is 4.49. The maximum Gasteiger partial charge on any atom is 0.259 e. The molecule has 1 aromatic heterocycles. The van der Waals surface area contributed by atoms with Crippen LogP contribution < -0.4 is 0 Å². The topological polar surface area (TPSA) is 106 Å². The molecule has 1 saturated heterocycles. The average Bonchev–Trinajstić information content (AvgIpc) is 3.18. The Balaban J connectivity index is 1.37. The van der Waals surface area contributed by atoms with E-state index < -0.39 is 17.5 Å². The van der Waals surface area contributed by atoms with Crippen LogP contribution in [0.15, 0.2) is 54.7 Å². The molecule has 0 spiro atoms. The van der Waals surface area contributed by atoms with Crippen LogP contribution in [0.3, 0.4) is 0 Å². The van der Waals surface area contributed by atoms with Gasteiger partial charge in [-0.15, -0.1) is 0 Å². The zero-order valence-electron chi connectivity index (χ0n) is 20.1. The molecule has 3 aromatic rings. The molecule has 2 aromatic carbocycles. The minimum Gasteiger partial charge on any atom is -0.503 e. The molecule has 0 unspecified atom stereocenters. The fraction of sp³-hybridized carbons (Fsp3) is 0.269. The number of amides is 3. The van der Waals surface area contributed by atoms with E-state index in [1.807, 2.05) is 6.07 Å². The van der Waals surface area contributed by atoms with Gasteiger partial charge in [0.25, 0.3) is 11.8 Å². The van der Waals surface area contributed by atoms with Crippen molar-refractivity contribution in [3.8, 4) is 11.6 Å². The second kappa shape index (κ2) is 11.1. The normalized spacial score (nSPS) is 13.5. The first-order valence-electron chi connectivity index (χ1n) is 11.6. The Morgan fingerprint density at radius 2 is 1.57 bits per heavy atom. The molecule has 1 aliphatic heterocycles. The van der Waals surface area contributed by atoms with Crippen molar-refractivity contribution in [1.82, 2.24) is 19.3 Å². The Hall–Kier alpha value is -3.69. The van der Waals surface area contributed by atoms with Crippen molar-refractivity contribution in [1.29, 1.82) is 0 Å². The third kappa shape index (κ3) is 5.84. The maximum absolute atomic E-state index is 12.9. The molecule has 0 saturated carbocycles. The summed E-state index contributed by atoms with van der Waals surface area (Å²) >= 11 is 12.0. The van der Waals surface area contributed by atoms with E-state index >= 15 is 0 Å². The van der Waals surface area contributed by atoms with E-state index in [1.165, 1.54) is 11.1 Å². The molecular formula is C26H26Cl2N4O5. The molecule has 0 radical (unpaired) electrons. The molecule has 0 aliphatic carbocycles. The number of rotatable bonds is 6. The lowest BCUT2D eigenvalue weighted by molar-refractivity contribution is -0.133. The Morgan fingerprint density at radius 1 is 0.919 bits per heavy atom. The number of aromatic hydroxyl groups is 2. The predicted molar refractivity (Wildman–Crippen MR) is 139 cm³/mol. The number of carbonyl (C=O) groups excluding carboxylic acids is 3. The van der Waals surface area contributed by atoms with Crippen LogP contribution in [0.5, 0.6) is 11.6 Å². The molecule has 4 rings (SSSR count). The molecular weight excluding hydrogens is 519 g/mol. The molecule has 3 amide bonds. The van der Waals surface area contributed by atoms with E-state index in [0.717, 1.165) is 10.1 Å². The first-order valence-corrected chi connectivity index (χ1v) is 12.3. The minimum absolute atomic E-state index is 0.0891. The van der Waals surface area contributed by atoms with Gasteiger partial charge in [-0.3, -0.25) is 14.4 Å². The van der Waals surface area contributed by atoms with Gasteiger partial charge in [0.2, 0.25) is 11.8 Å². The van der Waals surface area contributed by atoms with Crippen molar-refractivity contribution in [3.63, 3.8) is 0 Å². The summed E-state index contributed by atoms with van der Waals surface area (Å²) in [5.74, 6) is -2.11. The van der Waals surface area contributed by atoms with E-state index in [2.05, 4.69) is 0 Å². The molecule has 2 N–H and O–H groups in total. The molecule has 194 valence electrons.